The summed E-state index contributed by atoms with van der Waals surface area (Å²) in [4.78, 5) is 26.3. The Bertz CT molecular complexity index is 483. The Balaban J connectivity index is 2.23. The maximum Gasteiger partial charge on any atom is 0.248 e. The summed E-state index contributed by atoms with van der Waals surface area (Å²) >= 11 is 0. The minimum Gasteiger partial charge on any atom is -0.396 e. The molecule has 1 aliphatic heterocycles. The third-order valence-corrected chi connectivity index (χ3v) is 3.48. The van der Waals surface area contributed by atoms with E-state index in [4.69, 9.17) is 0 Å². The maximum atomic E-state index is 11.7. The van der Waals surface area contributed by atoms with Crippen LogP contribution in [0.1, 0.15) is 18.4 Å². The SMILES string of the molecule is CC(CO)c1cccc(N2CC(=O)N(C)C(=O)C2)c1. The number of benzene rings is 1. The van der Waals surface area contributed by atoms with E-state index in [9.17, 15) is 14.7 Å². The third-order valence-electron chi connectivity index (χ3n) is 3.48. The first-order valence-electron chi connectivity index (χ1n) is 6.28. The lowest BCUT2D eigenvalue weighted by Crippen LogP contribution is -2.52. The van der Waals surface area contributed by atoms with Gasteiger partial charge in [0.05, 0.1) is 13.1 Å². The number of amides is 2. The van der Waals surface area contributed by atoms with Gasteiger partial charge in [0.25, 0.3) is 0 Å². The van der Waals surface area contributed by atoms with E-state index in [1.54, 1.807) is 4.90 Å². The molecule has 1 aromatic rings. The lowest BCUT2D eigenvalue weighted by atomic mass is 10.0. The van der Waals surface area contributed by atoms with Crippen molar-refractivity contribution in [2.45, 2.75) is 12.8 Å². The second-order valence-electron chi connectivity index (χ2n) is 4.88. The topological polar surface area (TPSA) is 60.9 Å². The first kappa shape index (κ1) is 13.5. The van der Waals surface area contributed by atoms with Crippen molar-refractivity contribution < 1.29 is 14.7 Å². The van der Waals surface area contributed by atoms with Crippen LogP contribution < -0.4 is 4.90 Å². The predicted octanol–water partition coefficient (Wildman–Crippen LogP) is 0.587. The summed E-state index contributed by atoms with van der Waals surface area (Å²) in [6.45, 7) is 2.42. The lowest BCUT2D eigenvalue weighted by Gasteiger charge is -2.32. The van der Waals surface area contributed by atoms with Gasteiger partial charge in [0.1, 0.15) is 0 Å². The molecular weight excluding hydrogens is 244 g/mol. The zero-order valence-corrected chi connectivity index (χ0v) is 11.2. The molecule has 1 unspecified atom stereocenters. The molecule has 2 rings (SSSR count). The molecule has 1 saturated heterocycles. The minimum atomic E-state index is -0.197. The first-order valence-corrected chi connectivity index (χ1v) is 6.28. The van der Waals surface area contributed by atoms with Gasteiger partial charge >= 0.3 is 0 Å². The number of hydrogen-bond donors (Lipinski definition) is 1. The van der Waals surface area contributed by atoms with Crippen molar-refractivity contribution in [3.63, 3.8) is 0 Å². The van der Waals surface area contributed by atoms with E-state index in [0.29, 0.717) is 0 Å². The highest BCUT2D eigenvalue weighted by Crippen LogP contribution is 2.23. The van der Waals surface area contributed by atoms with Crippen molar-refractivity contribution >= 4 is 17.5 Å². The van der Waals surface area contributed by atoms with Crippen molar-refractivity contribution in [2.75, 3.05) is 31.6 Å². The van der Waals surface area contributed by atoms with Crippen LogP contribution in [0.2, 0.25) is 0 Å². The van der Waals surface area contributed by atoms with E-state index in [1.165, 1.54) is 7.05 Å². The van der Waals surface area contributed by atoms with Gasteiger partial charge in [0.15, 0.2) is 0 Å². The first-order chi connectivity index (χ1) is 9.02. The number of imide groups is 1. The Labute approximate surface area is 112 Å². The molecule has 5 nitrogen and oxygen atoms in total. The van der Waals surface area contributed by atoms with E-state index < -0.39 is 0 Å². The fourth-order valence-corrected chi connectivity index (χ4v) is 2.05. The number of carbonyl (C=O) groups excluding carboxylic acids is 2. The summed E-state index contributed by atoms with van der Waals surface area (Å²) in [5.41, 5.74) is 1.84. The highest BCUT2D eigenvalue weighted by Gasteiger charge is 2.28. The number of anilines is 1. The quantitative estimate of drug-likeness (QED) is 0.810. The zero-order chi connectivity index (χ0) is 14.0. The Morgan fingerprint density at radius 1 is 1.26 bits per heavy atom. The minimum absolute atomic E-state index is 0.0406. The van der Waals surface area contributed by atoms with E-state index in [2.05, 4.69) is 0 Å². The number of carbonyl (C=O) groups is 2. The van der Waals surface area contributed by atoms with E-state index in [-0.39, 0.29) is 37.4 Å². The van der Waals surface area contributed by atoms with E-state index >= 15 is 0 Å². The van der Waals surface area contributed by atoms with Gasteiger partial charge in [-0.2, -0.15) is 0 Å². The van der Waals surface area contributed by atoms with Crippen LogP contribution in [0, 0.1) is 0 Å². The summed E-state index contributed by atoms with van der Waals surface area (Å²) in [7, 11) is 1.51. The summed E-state index contributed by atoms with van der Waals surface area (Å²) in [5, 5.41) is 9.18. The Morgan fingerprint density at radius 2 is 1.89 bits per heavy atom. The molecule has 0 aromatic heterocycles. The molecule has 0 saturated carbocycles. The van der Waals surface area contributed by atoms with Crippen LogP contribution in [0.25, 0.3) is 0 Å². The van der Waals surface area contributed by atoms with Crippen molar-refractivity contribution in [2.24, 2.45) is 0 Å². The van der Waals surface area contributed by atoms with Gasteiger partial charge in [-0.3, -0.25) is 14.5 Å². The molecule has 1 aromatic carbocycles. The summed E-state index contributed by atoms with van der Waals surface area (Å²) in [5.74, 6) is -0.354. The fraction of sp³-hybridized carbons (Fsp3) is 0.429. The maximum absolute atomic E-state index is 11.7. The average molecular weight is 262 g/mol. The second-order valence-corrected chi connectivity index (χ2v) is 4.88. The summed E-state index contributed by atoms with van der Waals surface area (Å²) in [6.07, 6.45) is 0. The van der Waals surface area contributed by atoms with E-state index in [1.807, 2.05) is 31.2 Å². The predicted molar refractivity (Wildman–Crippen MR) is 71.9 cm³/mol. The molecule has 19 heavy (non-hydrogen) atoms. The fourth-order valence-electron chi connectivity index (χ4n) is 2.05. The van der Waals surface area contributed by atoms with E-state index in [0.717, 1.165) is 16.2 Å². The zero-order valence-electron chi connectivity index (χ0n) is 11.2. The molecule has 1 aliphatic rings. The molecule has 1 heterocycles. The monoisotopic (exact) mass is 262 g/mol. The summed E-state index contributed by atoms with van der Waals surface area (Å²) in [6, 6.07) is 7.61. The van der Waals surface area contributed by atoms with Crippen LogP contribution in [0.15, 0.2) is 24.3 Å². The van der Waals surface area contributed by atoms with Crippen LogP contribution in [0.5, 0.6) is 0 Å². The smallest absolute Gasteiger partial charge is 0.248 e. The van der Waals surface area contributed by atoms with Gasteiger partial charge in [-0.25, -0.2) is 0 Å². The molecule has 1 atom stereocenters. The Morgan fingerprint density at radius 3 is 2.47 bits per heavy atom. The van der Waals surface area contributed by atoms with Gasteiger partial charge in [-0.1, -0.05) is 19.1 Å². The van der Waals surface area contributed by atoms with Crippen LogP contribution in [0.3, 0.4) is 0 Å². The molecule has 5 heteroatoms. The normalized spacial score (nSPS) is 17.8. The number of hydrogen-bond acceptors (Lipinski definition) is 4. The van der Waals surface area contributed by atoms with Crippen molar-refractivity contribution in [3.05, 3.63) is 29.8 Å². The van der Waals surface area contributed by atoms with Gasteiger partial charge in [-0.15, -0.1) is 0 Å². The molecule has 0 aliphatic carbocycles. The highest BCUT2D eigenvalue weighted by molar-refractivity contribution is 6.02. The summed E-state index contributed by atoms with van der Waals surface area (Å²) < 4.78 is 0. The average Bonchev–Trinajstić information content (AvgIpc) is 2.43. The van der Waals surface area contributed by atoms with Gasteiger partial charge in [0.2, 0.25) is 11.8 Å². The van der Waals surface area contributed by atoms with Crippen LogP contribution in [-0.2, 0) is 9.59 Å². The molecule has 0 bridgehead atoms. The van der Waals surface area contributed by atoms with Gasteiger partial charge in [-0.05, 0) is 17.7 Å². The molecule has 1 fully saturated rings. The lowest BCUT2D eigenvalue weighted by molar-refractivity contribution is -0.143. The van der Waals surface area contributed by atoms with Crippen molar-refractivity contribution in [1.82, 2.24) is 4.90 Å². The van der Waals surface area contributed by atoms with Gasteiger partial charge in [0, 0.05) is 25.3 Å². The number of aliphatic hydroxyl groups excluding tert-OH is 1. The van der Waals surface area contributed by atoms with Crippen LogP contribution in [0.4, 0.5) is 5.69 Å². The van der Waals surface area contributed by atoms with Gasteiger partial charge < -0.3 is 10.0 Å². The molecular formula is C14H18N2O3. The Hall–Kier alpha value is -1.88. The number of rotatable bonds is 3. The third kappa shape index (κ3) is 2.76. The number of piperazine rings is 1. The molecule has 1 N–H and O–H groups in total. The largest absolute Gasteiger partial charge is 0.396 e. The molecule has 0 spiro atoms. The number of nitrogens with zero attached hydrogens (tertiary/aromatic N) is 2. The molecule has 0 radical (unpaired) electrons. The molecule has 2 amide bonds. The van der Waals surface area contributed by atoms with Crippen LogP contribution in [-0.4, -0.2) is 48.6 Å². The number of likely N-dealkylation sites (N-methyl/N-ethyl adjacent to an activating group) is 1. The second kappa shape index (κ2) is 5.40. The Kier molecular flexibility index (Phi) is 3.85. The standard InChI is InChI=1S/C14H18N2O3/c1-10(9-17)11-4-3-5-12(6-11)16-7-13(18)15(2)14(19)8-16/h3-6,10,17H,7-9H2,1-2H3. The molecule has 102 valence electrons. The van der Waals surface area contributed by atoms with Crippen molar-refractivity contribution in [1.29, 1.82) is 0 Å². The number of aliphatic hydroxyl groups is 1. The van der Waals surface area contributed by atoms with Crippen molar-refractivity contribution in [3.8, 4) is 0 Å². The van der Waals surface area contributed by atoms with Crippen LogP contribution >= 0.6 is 0 Å². The highest BCUT2D eigenvalue weighted by atomic mass is 16.3.